The number of carbonyl (C=O) groups is 1. The highest BCUT2D eigenvalue weighted by atomic mass is 16.1. The minimum absolute atomic E-state index is 0.328. The quantitative estimate of drug-likeness (QED) is 0.664. The summed E-state index contributed by atoms with van der Waals surface area (Å²) in [5.74, 6) is -0.177. The summed E-state index contributed by atoms with van der Waals surface area (Å²) in [5, 5.41) is 0.771. The number of rotatable bonds is 1. The number of nitrogens with two attached hydrogens (primary N) is 2. The molecule has 0 radical (unpaired) electrons. The van der Waals surface area contributed by atoms with E-state index in [0.717, 1.165) is 10.9 Å². The van der Waals surface area contributed by atoms with Crippen LogP contribution < -0.4 is 11.5 Å². The maximum atomic E-state index is 11.0. The molecular formula is C11H15N3O. The minimum atomic E-state index is -0.505. The molecule has 0 atom stereocenters. The molecule has 1 heterocycles. The summed E-state index contributed by atoms with van der Waals surface area (Å²) in [7, 11) is 0. The van der Waals surface area contributed by atoms with Gasteiger partial charge in [-0.05, 0) is 6.07 Å². The molecule has 1 aromatic carbocycles. The van der Waals surface area contributed by atoms with Gasteiger partial charge in [-0.2, -0.15) is 0 Å². The first-order valence-corrected chi connectivity index (χ1v) is 4.86. The van der Waals surface area contributed by atoms with Gasteiger partial charge >= 0.3 is 0 Å². The monoisotopic (exact) mass is 205 g/mol. The maximum absolute atomic E-state index is 11.0. The van der Waals surface area contributed by atoms with Gasteiger partial charge in [-0.1, -0.05) is 32.0 Å². The smallest absolute Gasteiger partial charge is 0.253 e. The van der Waals surface area contributed by atoms with Crippen LogP contribution in [-0.4, -0.2) is 10.9 Å². The topological polar surface area (TPSA) is 84.9 Å². The lowest BCUT2D eigenvalue weighted by Crippen LogP contribution is -2.12. The molecule has 1 amide bonds. The van der Waals surface area contributed by atoms with Gasteiger partial charge in [-0.3, -0.25) is 4.79 Å². The fraction of sp³-hybridized carbons (Fsp3) is 0.182. The average molecular weight is 205 g/mol. The largest absolute Gasteiger partial charge is 0.385 e. The summed E-state index contributed by atoms with van der Waals surface area (Å²) >= 11 is 0. The molecule has 0 spiro atoms. The Hall–Kier alpha value is -1.97. The Morgan fingerprint density at radius 3 is 2.47 bits per heavy atom. The Bertz CT molecular complexity index is 474. The standard InChI is InChI=1S/C9H9N3O.C2H6/c10-8-7(9(11)13)5-3-1-2-4-6(5)12-8;1-2/h1-4,12H,10H2,(H2,11,13);1-2H3. The van der Waals surface area contributed by atoms with Crippen molar-refractivity contribution in [1.82, 2.24) is 4.98 Å². The number of aromatic amines is 1. The number of nitrogens with one attached hydrogen (secondary N) is 1. The third-order valence-corrected chi connectivity index (χ3v) is 1.98. The van der Waals surface area contributed by atoms with E-state index in [9.17, 15) is 4.79 Å². The first-order valence-electron chi connectivity index (χ1n) is 4.86. The second kappa shape index (κ2) is 4.50. The van der Waals surface area contributed by atoms with Crippen molar-refractivity contribution < 1.29 is 4.79 Å². The van der Waals surface area contributed by atoms with E-state index in [1.807, 2.05) is 38.1 Å². The Labute approximate surface area is 88.3 Å². The number of nitrogen functional groups attached to an aromatic ring is 1. The molecule has 0 unspecified atom stereocenters. The number of primary amides is 1. The van der Waals surface area contributed by atoms with Gasteiger partial charge in [0.2, 0.25) is 0 Å². The molecule has 80 valence electrons. The van der Waals surface area contributed by atoms with E-state index in [0.29, 0.717) is 11.4 Å². The molecular weight excluding hydrogens is 190 g/mol. The van der Waals surface area contributed by atoms with Gasteiger partial charge in [0.1, 0.15) is 5.82 Å². The van der Waals surface area contributed by atoms with Crippen molar-refractivity contribution in [3.05, 3.63) is 29.8 Å². The first-order chi connectivity index (χ1) is 7.20. The zero-order valence-corrected chi connectivity index (χ0v) is 8.87. The summed E-state index contributed by atoms with van der Waals surface area (Å²) in [6.07, 6.45) is 0. The molecule has 15 heavy (non-hydrogen) atoms. The zero-order chi connectivity index (χ0) is 11.4. The number of hydrogen-bond acceptors (Lipinski definition) is 2. The molecule has 4 nitrogen and oxygen atoms in total. The first kappa shape index (κ1) is 11.1. The van der Waals surface area contributed by atoms with Gasteiger partial charge in [-0.25, -0.2) is 0 Å². The van der Waals surface area contributed by atoms with Gasteiger partial charge in [0, 0.05) is 10.9 Å². The van der Waals surface area contributed by atoms with Crippen LogP contribution in [0.1, 0.15) is 24.2 Å². The average Bonchev–Trinajstić information content (AvgIpc) is 2.56. The SMILES string of the molecule is CC.NC(=O)c1c(N)[nH]c2ccccc12. The van der Waals surface area contributed by atoms with Gasteiger partial charge in [0.05, 0.1) is 5.56 Å². The van der Waals surface area contributed by atoms with Crippen LogP contribution in [0.5, 0.6) is 0 Å². The lowest BCUT2D eigenvalue weighted by molar-refractivity contribution is 0.100. The molecule has 2 aromatic rings. The molecule has 0 saturated carbocycles. The van der Waals surface area contributed by atoms with Crippen molar-refractivity contribution in [2.45, 2.75) is 13.8 Å². The number of fused-ring (bicyclic) bond motifs is 1. The maximum Gasteiger partial charge on any atom is 0.253 e. The van der Waals surface area contributed by atoms with Crippen molar-refractivity contribution in [2.75, 3.05) is 5.73 Å². The molecule has 0 fully saturated rings. The van der Waals surface area contributed by atoms with E-state index in [4.69, 9.17) is 11.5 Å². The number of H-pyrrole nitrogens is 1. The highest BCUT2D eigenvalue weighted by molar-refractivity contribution is 6.10. The van der Waals surface area contributed by atoms with Crippen molar-refractivity contribution in [3.63, 3.8) is 0 Å². The lowest BCUT2D eigenvalue weighted by atomic mass is 10.1. The van der Waals surface area contributed by atoms with Crippen LogP contribution >= 0.6 is 0 Å². The number of aromatic nitrogens is 1. The third kappa shape index (κ3) is 1.93. The van der Waals surface area contributed by atoms with Crippen molar-refractivity contribution >= 4 is 22.6 Å². The number of hydrogen-bond donors (Lipinski definition) is 3. The fourth-order valence-corrected chi connectivity index (χ4v) is 1.43. The molecule has 0 aliphatic carbocycles. The summed E-state index contributed by atoms with van der Waals surface area (Å²) < 4.78 is 0. The van der Waals surface area contributed by atoms with Gasteiger partial charge in [-0.15, -0.1) is 0 Å². The highest BCUT2D eigenvalue weighted by Gasteiger charge is 2.12. The van der Waals surface area contributed by atoms with Crippen LogP contribution in [0.25, 0.3) is 10.9 Å². The van der Waals surface area contributed by atoms with E-state index in [1.165, 1.54) is 0 Å². The Morgan fingerprint density at radius 2 is 1.87 bits per heavy atom. The predicted octanol–water partition coefficient (Wildman–Crippen LogP) is 1.88. The molecule has 5 N–H and O–H groups in total. The van der Waals surface area contributed by atoms with Crippen molar-refractivity contribution in [3.8, 4) is 0 Å². The molecule has 2 rings (SSSR count). The van der Waals surface area contributed by atoms with Gasteiger partial charge < -0.3 is 16.5 Å². The third-order valence-electron chi connectivity index (χ3n) is 1.98. The normalized spacial score (nSPS) is 9.47. The number of carbonyl (C=O) groups excluding carboxylic acids is 1. The number of anilines is 1. The fourth-order valence-electron chi connectivity index (χ4n) is 1.43. The minimum Gasteiger partial charge on any atom is -0.385 e. The molecule has 0 aliphatic heterocycles. The van der Waals surface area contributed by atoms with Crippen LogP contribution in [-0.2, 0) is 0 Å². The van der Waals surface area contributed by atoms with Gasteiger partial charge in [0.25, 0.3) is 5.91 Å². The summed E-state index contributed by atoms with van der Waals surface area (Å²) in [6, 6.07) is 7.35. The Balaban J connectivity index is 0.000000531. The lowest BCUT2D eigenvalue weighted by Gasteiger charge is -1.92. The van der Waals surface area contributed by atoms with E-state index in [1.54, 1.807) is 0 Å². The van der Waals surface area contributed by atoms with Crippen LogP contribution in [0, 0.1) is 0 Å². The van der Waals surface area contributed by atoms with Gasteiger partial charge in [0.15, 0.2) is 0 Å². The summed E-state index contributed by atoms with van der Waals surface area (Å²) in [6.45, 7) is 4.00. The van der Waals surface area contributed by atoms with E-state index < -0.39 is 5.91 Å². The number of benzene rings is 1. The van der Waals surface area contributed by atoms with Crippen molar-refractivity contribution in [1.29, 1.82) is 0 Å². The molecule has 0 saturated heterocycles. The van der Waals surface area contributed by atoms with Crippen LogP contribution in [0.4, 0.5) is 5.82 Å². The highest BCUT2D eigenvalue weighted by Crippen LogP contribution is 2.22. The second-order valence-electron chi connectivity index (χ2n) is 2.82. The van der Waals surface area contributed by atoms with E-state index in [2.05, 4.69) is 4.98 Å². The Kier molecular flexibility index (Phi) is 3.33. The molecule has 0 bridgehead atoms. The molecule has 4 heteroatoms. The van der Waals surface area contributed by atoms with E-state index >= 15 is 0 Å². The van der Waals surface area contributed by atoms with E-state index in [-0.39, 0.29) is 0 Å². The molecule has 1 aromatic heterocycles. The number of amides is 1. The Morgan fingerprint density at radius 1 is 1.27 bits per heavy atom. The van der Waals surface area contributed by atoms with Crippen LogP contribution in [0.15, 0.2) is 24.3 Å². The summed E-state index contributed by atoms with van der Waals surface area (Å²) in [4.78, 5) is 13.9. The van der Waals surface area contributed by atoms with Crippen LogP contribution in [0.3, 0.4) is 0 Å². The zero-order valence-electron chi connectivity index (χ0n) is 8.87. The van der Waals surface area contributed by atoms with Crippen molar-refractivity contribution in [2.24, 2.45) is 5.73 Å². The second-order valence-corrected chi connectivity index (χ2v) is 2.82. The summed E-state index contributed by atoms with van der Waals surface area (Å²) in [5.41, 5.74) is 12.0. The predicted molar refractivity (Wildman–Crippen MR) is 62.6 cm³/mol. The van der Waals surface area contributed by atoms with Crippen LogP contribution in [0.2, 0.25) is 0 Å². The molecule has 0 aliphatic rings. The number of para-hydroxylation sites is 1.